The van der Waals surface area contributed by atoms with Crippen molar-refractivity contribution in [1.29, 1.82) is 0 Å². The molecule has 0 unspecified atom stereocenters. The van der Waals surface area contributed by atoms with Gasteiger partial charge in [-0.15, -0.1) is 0 Å². The number of carbonyl (C=O) groups excluding carboxylic acids is 3. The Labute approximate surface area is 205 Å². The van der Waals surface area contributed by atoms with Gasteiger partial charge in [0.05, 0.1) is 28.8 Å². The van der Waals surface area contributed by atoms with Crippen LogP contribution in [0.3, 0.4) is 0 Å². The molecule has 3 atom stereocenters. The van der Waals surface area contributed by atoms with E-state index in [2.05, 4.69) is 5.32 Å². The molecule has 1 aliphatic heterocycles. The molecular formula is C28H23F3N2O3. The van der Waals surface area contributed by atoms with Crippen molar-refractivity contribution < 1.29 is 27.6 Å². The SMILES string of the molecule is O=C(Nc1ccccc1C(F)(F)F)c1cccc(N2C(=O)[C@@H]3CC[C@@H](c4ccccc4)C[C@H]3C2=O)c1. The van der Waals surface area contributed by atoms with Crippen LogP contribution in [0.4, 0.5) is 24.5 Å². The van der Waals surface area contributed by atoms with E-state index in [9.17, 15) is 27.6 Å². The second-order valence-corrected chi connectivity index (χ2v) is 9.19. The molecule has 2 fully saturated rings. The molecule has 3 aromatic rings. The van der Waals surface area contributed by atoms with Crippen LogP contribution in [0.25, 0.3) is 0 Å². The van der Waals surface area contributed by atoms with Crippen LogP contribution in [-0.2, 0) is 15.8 Å². The highest BCUT2D eigenvalue weighted by Crippen LogP contribution is 2.45. The number of fused-ring (bicyclic) bond motifs is 1. The molecule has 36 heavy (non-hydrogen) atoms. The summed E-state index contributed by atoms with van der Waals surface area (Å²) in [7, 11) is 0. The van der Waals surface area contributed by atoms with Crippen LogP contribution in [0, 0.1) is 11.8 Å². The van der Waals surface area contributed by atoms with E-state index in [1.54, 1.807) is 6.07 Å². The third-order valence-electron chi connectivity index (χ3n) is 7.04. The van der Waals surface area contributed by atoms with Crippen molar-refractivity contribution in [3.8, 4) is 0 Å². The Balaban J connectivity index is 1.37. The summed E-state index contributed by atoms with van der Waals surface area (Å²) >= 11 is 0. The Morgan fingerprint density at radius 3 is 2.28 bits per heavy atom. The third kappa shape index (κ3) is 4.39. The van der Waals surface area contributed by atoms with Gasteiger partial charge in [-0.25, -0.2) is 0 Å². The number of carbonyl (C=O) groups is 3. The van der Waals surface area contributed by atoms with Crippen LogP contribution in [0.1, 0.15) is 46.7 Å². The van der Waals surface area contributed by atoms with Crippen molar-refractivity contribution in [2.24, 2.45) is 11.8 Å². The van der Waals surface area contributed by atoms with Gasteiger partial charge in [0.1, 0.15) is 0 Å². The summed E-state index contributed by atoms with van der Waals surface area (Å²) in [6, 6.07) is 20.5. The van der Waals surface area contributed by atoms with Crippen LogP contribution in [0.5, 0.6) is 0 Å². The van der Waals surface area contributed by atoms with Gasteiger partial charge in [-0.3, -0.25) is 19.3 Å². The van der Waals surface area contributed by atoms with Gasteiger partial charge in [-0.2, -0.15) is 13.2 Å². The number of halogens is 3. The van der Waals surface area contributed by atoms with E-state index in [0.29, 0.717) is 12.8 Å². The lowest BCUT2D eigenvalue weighted by Gasteiger charge is -2.28. The highest BCUT2D eigenvalue weighted by atomic mass is 19.4. The molecule has 0 aromatic heterocycles. The first-order valence-corrected chi connectivity index (χ1v) is 11.7. The molecule has 3 aromatic carbocycles. The molecule has 1 heterocycles. The fourth-order valence-corrected chi connectivity index (χ4v) is 5.28. The molecule has 0 spiro atoms. The number of hydrogen-bond acceptors (Lipinski definition) is 3. The Morgan fingerprint density at radius 2 is 1.53 bits per heavy atom. The topological polar surface area (TPSA) is 66.5 Å². The van der Waals surface area contributed by atoms with Crippen molar-refractivity contribution in [1.82, 2.24) is 0 Å². The maximum absolute atomic E-state index is 13.3. The van der Waals surface area contributed by atoms with Crippen LogP contribution >= 0.6 is 0 Å². The van der Waals surface area contributed by atoms with Gasteiger partial charge in [0, 0.05) is 5.56 Å². The van der Waals surface area contributed by atoms with Gasteiger partial charge in [0.25, 0.3) is 5.91 Å². The number of nitrogens with zero attached hydrogens (tertiary/aromatic N) is 1. The van der Waals surface area contributed by atoms with E-state index in [1.165, 1.54) is 36.4 Å². The molecule has 2 aliphatic rings. The largest absolute Gasteiger partial charge is 0.418 e. The zero-order valence-corrected chi connectivity index (χ0v) is 19.2. The monoisotopic (exact) mass is 492 g/mol. The van der Waals surface area contributed by atoms with Crippen LogP contribution in [0.2, 0.25) is 0 Å². The smallest absolute Gasteiger partial charge is 0.321 e. The highest BCUT2D eigenvalue weighted by Gasteiger charge is 2.50. The second-order valence-electron chi connectivity index (χ2n) is 9.19. The summed E-state index contributed by atoms with van der Waals surface area (Å²) in [6.45, 7) is 0. The van der Waals surface area contributed by atoms with Crippen molar-refractivity contribution in [2.75, 3.05) is 10.2 Å². The molecule has 0 bridgehead atoms. The molecule has 184 valence electrons. The van der Waals surface area contributed by atoms with Crippen molar-refractivity contribution in [3.05, 3.63) is 95.6 Å². The number of amides is 3. The molecule has 1 N–H and O–H groups in total. The van der Waals surface area contributed by atoms with Crippen LogP contribution in [-0.4, -0.2) is 17.7 Å². The van der Waals surface area contributed by atoms with E-state index in [1.807, 2.05) is 30.3 Å². The number of rotatable bonds is 4. The first-order valence-electron chi connectivity index (χ1n) is 11.7. The summed E-state index contributed by atoms with van der Waals surface area (Å²) < 4.78 is 39.9. The van der Waals surface area contributed by atoms with Gasteiger partial charge in [0.15, 0.2) is 0 Å². The number of imide groups is 1. The summed E-state index contributed by atoms with van der Waals surface area (Å²) in [6.07, 6.45) is -2.66. The lowest BCUT2D eigenvalue weighted by molar-refractivity contribution is -0.137. The zero-order valence-electron chi connectivity index (χ0n) is 19.2. The fourth-order valence-electron chi connectivity index (χ4n) is 5.28. The van der Waals surface area contributed by atoms with E-state index < -0.39 is 29.5 Å². The van der Waals surface area contributed by atoms with Gasteiger partial charge < -0.3 is 5.32 Å². The number of nitrogens with one attached hydrogen (secondary N) is 1. The lowest BCUT2D eigenvalue weighted by atomic mass is 9.73. The Bertz CT molecular complexity index is 1320. The highest BCUT2D eigenvalue weighted by molar-refractivity contribution is 6.22. The van der Waals surface area contributed by atoms with Crippen molar-refractivity contribution in [2.45, 2.75) is 31.4 Å². The number of anilines is 2. The molecule has 5 nitrogen and oxygen atoms in total. The molecule has 5 rings (SSSR count). The fraction of sp³-hybridized carbons (Fsp3) is 0.250. The summed E-state index contributed by atoms with van der Waals surface area (Å²) in [5.74, 6) is -2.02. The molecule has 1 saturated heterocycles. The number of benzene rings is 3. The Kier molecular flexibility index (Phi) is 6.12. The maximum Gasteiger partial charge on any atom is 0.418 e. The minimum absolute atomic E-state index is 0.0436. The summed E-state index contributed by atoms with van der Waals surface area (Å²) in [5.41, 5.74) is 0.102. The average Bonchev–Trinajstić information content (AvgIpc) is 3.13. The number of para-hydroxylation sites is 1. The number of alkyl halides is 3. The minimum atomic E-state index is -4.63. The Morgan fingerprint density at radius 1 is 0.833 bits per heavy atom. The molecule has 8 heteroatoms. The summed E-state index contributed by atoms with van der Waals surface area (Å²) in [4.78, 5) is 40.5. The van der Waals surface area contributed by atoms with Gasteiger partial charge >= 0.3 is 6.18 Å². The van der Waals surface area contributed by atoms with Gasteiger partial charge in [-0.1, -0.05) is 48.5 Å². The summed E-state index contributed by atoms with van der Waals surface area (Å²) in [5, 5.41) is 2.30. The third-order valence-corrected chi connectivity index (χ3v) is 7.04. The van der Waals surface area contributed by atoms with Crippen molar-refractivity contribution >= 4 is 29.1 Å². The molecule has 3 amide bonds. The zero-order chi connectivity index (χ0) is 25.4. The predicted octanol–water partition coefficient (Wildman–Crippen LogP) is 6.03. The maximum atomic E-state index is 13.3. The van der Waals surface area contributed by atoms with E-state index in [0.717, 1.165) is 23.0 Å². The molecule has 1 saturated carbocycles. The predicted molar refractivity (Wildman–Crippen MR) is 128 cm³/mol. The van der Waals surface area contributed by atoms with E-state index in [-0.39, 0.29) is 34.7 Å². The van der Waals surface area contributed by atoms with E-state index >= 15 is 0 Å². The second kappa shape index (κ2) is 9.26. The normalized spacial score (nSPS) is 21.9. The van der Waals surface area contributed by atoms with Gasteiger partial charge in [0.2, 0.25) is 11.8 Å². The van der Waals surface area contributed by atoms with Crippen molar-refractivity contribution in [3.63, 3.8) is 0 Å². The minimum Gasteiger partial charge on any atom is -0.321 e. The van der Waals surface area contributed by atoms with Gasteiger partial charge in [-0.05, 0) is 61.1 Å². The first kappa shape index (κ1) is 23.8. The molecule has 0 radical (unpaired) electrons. The number of hydrogen-bond donors (Lipinski definition) is 1. The van der Waals surface area contributed by atoms with Crippen LogP contribution in [0.15, 0.2) is 78.9 Å². The molecular weight excluding hydrogens is 469 g/mol. The molecule has 1 aliphatic carbocycles. The van der Waals surface area contributed by atoms with Crippen LogP contribution < -0.4 is 10.2 Å². The lowest BCUT2D eigenvalue weighted by Crippen LogP contribution is -2.31. The standard InChI is InChI=1S/C28H23F3N2O3/c29-28(30,31)23-11-4-5-12-24(23)32-25(34)19-9-6-10-20(15-19)33-26(35)21-14-13-18(16-22(21)27(33)36)17-7-2-1-3-8-17/h1-12,15,18,21-22H,13-14,16H2,(H,32,34)/t18-,21-,22-/m1/s1. The average molecular weight is 492 g/mol. The van der Waals surface area contributed by atoms with E-state index in [4.69, 9.17) is 0 Å². The quantitative estimate of drug-likeness (QED) is 0.452. The Hall–Kier alpha value is -3.94. The first-order chi connectivity index (χ1) is 17.2.